The highest BCUT2D eigenvalue weighted by Gasteiger charge is 2.26. The third kappa shape index (κ3) is 4.05. The highest BCUT2D eigenvalue weighted by atomic mass is 35.5. The number of nitrogens with zero attached hydrogens (tertiary/aromatic N) is 2. The fourth-order valence-electron chi connectivity index (χ4n) is 3.24. The molecule has 26 heavy (non-hydrogen) atoms. The average Bonchev–Trinajstić information content (AvgIpc) is 3.12. The molecule has 1 saturated heterocycles. The van der Waals surface area contributed by atoms with Crippen LogP contribution >= 0.6 is 34.7 Å². The number of carbonyl (C=O) groups excluding carboxylic acids is 1. The normalized spacial score (nSPS) is 17.6. The molecule has 1 fully saturated rings. The van der Waals surface area contributed by atoms with E-state index in [9.17, 15) is 4.79 Å². The summed E-state index contributed by atoms with van der Waals surface area (Å²) in [7, 11) is 0. The molecule has 3 nitrogen and oxygen atoms in total. The van der Waals surface area contributed by atoms with Gasteiger partial charge in [-0.25, -0.2) is 4.98 Å². The van der Waals surface area contributed by atoms with Crippen LogP contribution in [-0.4, -0.2) is 34.6 Å². The van der Waals surface area contributed by atoms with Gasteiger partial charge in [0.15, 0.2) is 0 Å². The summed E-state index contributed by atoms with van der Waals surface area (Å²) < 4.78 is 1.23. The molecule has 4 rings (SSSR count). The Kier molecular flexibility index (Phi) is 5.48. The summed E-state index contributed by atoms with van der Waals surface area (Å²) in [6, 6.07) is 15.9. The Labute approximate surface area is 166 Å². The molecule has 0 saturated carbocycles. The Balaban J connectivity index is 1.39. The quantitative estimate of drug-likeness (QED) is 0.544. The van der Waals surface area contributed by atoms with Crippen LogP contribution in [0.3, 0.4) is 0 Å². The molecule has 2 aromatic carbocycles. The smallest absolute Gasteiger partial charge is 0.232 e. The van der Waals surface area contributed by atoms with Crippen molar-refractivity contribution in [3.63, 3.8) is 0 Å². The first-order valence-electron chi connectivity index (χ1n) is 8.70. The Morgan fingerprint density at radius 3 is 2.85 bits per heavy atom. The van der Waals surface area contributed by atoms with E-state index in [0.717, 1.165) is 46.4 Å². The van der Waals surface area contributed by atoms with Crippen LogP contribution < -0.4 is 0 Å². The molecule has 1 aliphatic heterocycles. The van der Waals surface area contributed by atoms with Gasteiger partial charge < -0.3 is 4.90 Å². The maximum absolute atomic E-state index is 12.6. The van der Waals surface area contributed by atoms with E-state index in [-0.39, 0.29) is 5.91 Å². The van der Waals surface area contributed by atoms with E-state index in [2.05, 4.69) is 18.2 Å². The van der Waals surface area contributed by atoms with E-state index in [0.29, 0.717) is 11.7 Å². The molecular weight excluding hydrogens is 384 g/mol. The summed E-state index contributed by atoms with van der Waals surface area (Å²) in [5.74, 6) is 1.02. The lowest BCUT2D eigenvalue weighted by Gasteiger charge is -2.31. The minimum Gasteiger partial charge on any atom is -0.341 e. The van der Waals surface area contributed by atoms with Crippen LogP contribution in [0.2, 0.25) is 5.02 Å². The summed E-state index contributed by atoms with van der Waals surface area (Å²) in [5.41, 5.74) is 1.06. The number of piperidine rings is 1. The van der Waals surface area contributed by atoms with Crippen LogP contribution in [0.15, 0.2) is 53.4 Å². The lowest BCUT2D eigenvalue weighted by atomic mass is 9.99. The first kappa shape index (κ1) is 17.8. The zero-order valence-corrected chi connectivity index (χ0v) is 16.6. The van der Waals surface area contributed by atoms with Crippen molar-refractivity contribution in [2.24, 2.45) is 0 Å². The van der Waals surface area contributed by atoms with E-state index >= 15 is 0 Å². The highest BCUT2D eigenvalue weighted by Crippen LogP contribution is 2.33. The number of benzene rings is 2. The summed E-state index contributed by atoms with van der Waals surface area (Å²) in [5, 5.41) is 1.88. The number of hydrogen-bond donors (Lipinski definition) is 0. The molecular formula is C20H19ClN2OS2. The summed E-state index contributed by atoms with van der Waals surface area (Å²) in [4.78, 5) is 20.5. The molecule has 0 spiro atoms. The number of thioether (sulfide) groups is 1. The lowest BCUT2D eigenvalue weighted by molar-refractivity contribution is -0.129. The predicted molar refractivity (Wildman–Crippen MR) is 110 cm³/mol. The van der Waals surface area contributed by atoms with Crippen molar-refractivity contribution in [1.82, 2.24) is 9.88 Å². The number of halogens is 1. The van der Waals surface area contributed by atoms with Crippen molar-refractivity contribution >= 4 is 50.8 Å². The predicted octanol–water partition coefficient (Wildman–Crippen LogP) is 5.45. The number of likely N-dealkylation sites (tertiary alicyclic amines) is 1. The molecule has 2 heterocycles. The topological polar surface area (TPSA) is 33.2 Å². The number of fused-ring (bicyclic) bond motifs is 1. The molecule has 3 aromatic rings. The molecule has 6 heteroatoms. The Morgan fingerprint density at radius 2 is 2.04 bits per heavy atom. The number of aromatic nitrogens is 1. The van der Waals surface area contributed by atoms with Crippen molar-refractivity contribution < 1.29 is 4.79 Å². The molecule has 0 unspecified atom stereocenters. The molecule has 0 radical (unpaired) electrons. The van der Waals surface area contributed by atoms with Crippen molar-refractivity contribution in [3.8, 4) is 0 Å². The lowest BCUT2D eigenvalue weighted by Crippen LogP contribution is -2.40. The van der Waals surface area contributed by atoms with Gasteiger partial charge >= 0.3 is 0 Å². The van der Waals surface area contributed by atoms with Gasteiger partial charge in [-0.3, -0.25) is 4.79 Å². The van der Waals surface area contributed by atoms with Crippen LogP contribution in [0.1, 0.15) is 23.8 Å². The number of amides is 1. The largest absolute Gasteiger partial charge is 0.341 e. The minimum absolute atomic E-state index is 0.204. The maximum Gasteiger partial charge on any atom is 0.232 e. The number of para-hydroxylation sites is 1. The molecule has 1 aliphatic rings. The fraction of sp³-hybridized carbons (Fsp3) is 0.300. The van der Waals surface area contributed by atoms with E-state index in [1.54, 1.807) is 23.1 Å². The Hall–Kier alpha value is -1.56. The second kappa shape index (κ2) is 7.99. The first-order valence-corrected chi connectivity index (χ1v) is 10.9. The van der Waals surface area contributed by atoms with Crippen LogP contribution in [-0.2, 0) is 4.79 Å². The number of carbonyl (C=O) groups is 1. The maximum atomic E-state index is 12.6. The fourth-order valence-corrected chi connectivity index (χ4v) is 5.26. The van der Waals surface area contributed by atoms with Gasteiger partial charge in [0, 0.05) is 28.9 Å². The third-order valence-electron chi connectivity index (χ3n) is 4.61. The van der Waals surface area contributed by atoms with Gasteiger partial charge in [0.1, 0.15) is 0 Å². The summed E-state index contributed by atoms with van der Waals surface area (Å²) in [6.45, 7) is 1.63. The van der Waals surface area contributed by atoms with Gasteiger partial charge in [-0.1, -0.05) is 23.7 Å². The van der Waals surface area contributed by atoms with Gasteiger partial charge in [0.2, 0.25) is 5.91 Å². The highest BCUT2D eigenvalue weighted by molar-refractivity contribution is 8.00. The minimum atomic E-state index is 0.204. The Morgan fingerprint density at radius 1 is 1.23 bits per heavy atom. The monoisotopic (exact) mass is 402 g/mol. The molecule has 1 amide bonds. The molecule has 1 aromatic heterocycles. The van der Waals surface area contributed by atoms with Crippen molar-refractivity contribution in [3.05, 3.63) is 58.6 Å². The molecule has 1 atom stereocenters. The standard InChI is InChI=1S/C20H19ClN2OS2/c21-15-7-9-16(10-8-15)25-13-19(24)23-11-3-4-14(12-23)20-22-17-5-1-2-6-18(17)26-20/h1-2,5-10,14H,3-4,11-13H2/t14-/m1/s1. The molecule has 0 aliphatic carbocycles. The number of hydrogen-bond acceptors (Lipinski definition) is 4. The second-order valence-corrected chi connectivity index (χ2v) is 8.99. The number of thiazole rings is 1. The molecule has 0 N–H and O–H groups in total. The van der Waals surface area contributed by atoms with Crippen molar-refractivity contribution in [2.45, 2.75) is 23.7 Å². The van der Waals surface area contributed by atoms with E-state index < -0.39 is 0 Å². The van der Waals surface area contributed by atoms with Gasteiger partial charge in [-0.15, -0.1) is 23.1 Å². The van der Waals surface area contributed by atoms with Crippen LogP contribution in [0.5, 0.6) is 0 Å². The summed E-state index contributed by atoms with van der Waals surface area (Å²) in [6.07, 6.45) is 2.14. The first-order chi connectivity index (χ1) is 12.7. The van der Waals surface area contributed by atoms with Gasteiger partial charge in [0.05, 0.1) is 21.0 Å². The molecule has 0 bridgehead atoms. The van der Waals surface area contributed by atoms with E-state index in [1.165, 1.54) is 4.70 Å². The molecule has 134 valence electrons. The average molecular weight is 403 g/mol. The second-order valence-electron chi connectivity index (χ2n) is 6.44. The SMILES string of the molecule is O=C(CSc1ccc(Cl)cc1)N1CCC[C@@H](c2nc3ccccc3s2)C1. The van der Waals surface area contributed by atoms with Crippen LogP contribution in [0, 0.1) is 0 Å². The number of rotatable bonds is 4. The van der Waals surface area contributed by atoms with Crippen molar-refractivity contribution in [1.29, 1.82) is 0 Å². The van der Waals surface area contributed by atoms with Gasteiger partial charge in [-0.2, -0.15) is 0 Å². The van der Waals surface area contributed by atoms with Gasteiger partial charge in [0.25, 0.3) is 0 Å². The van der Waals surface area contributed by atoms with Crippen molar-refractivity contribution in [2.75, 3.05) is 18.8 Å². The Bertz CT molecular complexity index is 877. The third-order valence-corrected chi connectivity index (χ3v) is 7.06. The van der Waals surface area contributed by atoms with Gasteiger partial charge in [-0.05, 0) is 49.2 Å². The zero-order chi connectivity index (χ0) is 17.9. The van der Waals surface area contributed by atoms with Crippen LogP contribution in [0.4, 0.5) is 0 Å². The van der Waals surface area contributed by atoms with E-state index in [4.69, 9.17) is 16.6 Å². The zero-order valence-electron chi connectivity index (χ0n) is 14.2. The van der Waals surface area contributed by atoms with Crippen LogP contribution in [0.25, 0.3) is 10.2 Å². The summed E-state index contributed by atoms with van der Waals surface area (Å²) >= 11 is 9.24. The van der Waals surface area contributed by atoms with E-state index in [1.807, 2.05) is 35.2 Å².